The van der Waals surface area contributed by atoms with Crippen LogP contribution in [0.1, 0.15) is 25.7 Å². The van der Waals surface area contributed by atoms with Gasteiger partial charge >= 0.3 is 0 Å². The summed E-state index contributed by atoms with van der Waals surface area (Å²) in [6.07, 6.45) is 3.71. The fourth-order valence-electron chi connectivity index (χ4n) is 1.73. The summed E-state index contributed by atoms with van der Waals surface area (Å²) in [6.45, 7) is 1.10. The number of likely N-dealkylation sites (tertiary alicyclic amines) is 1. The van der Waals surface area contributed by atoms with Crippen LogP contribution in [-0.2, 0) is 4.79 Å². The third-order valence-corrected chi connectivity index (χ3v) is 2.48. The molecule has 12 heavy (non-hydrogen) atoms. The summed E-state index contributed by atoms with van der Waals surface area (Å²) in [5.74, 6) is 0.436. The van der Waals surface area contributed by atoms with Crippen molar-refractivity contribution >= 4 is 5.91 Å². The fraction of sp³-hybridized carbons (Fsp3) is 0.889. The van der Waals surface area contributed by atoms with Gasteiger partial charge in [-0.25, -0.2) is 0 Å². The summed E-state index contributed by atoms with van der Waals surface area (Å²) < 4.78 is 0. The van der Waals surface area contributed by atoms with Crippen molar-refractivity contribution < 1.29 is 9.90 Å². The monoisotopic (exact) mass is 171 g/mol. The molecule has 0 spiro atoms. The highest BCUT2D eigenvalue weighted by Gasteiger charge is 2.25. The number of carbonyl (C=O) groups is 1. The lowest BCUT2D eigenvalue weighted by molar-refractivity contribution is -0.137. The molecule has 1 heterocycles. The van der Waals surface area contributed by atoms with Gasteiger partial charge in [0.2, 0.25) is 5.91 Å². The van der Waals surface area contributed by atoms with Crippen molar-refractivity contribution in [2.24, 2.45) is 5.92 Å². The molecule has 0 aromatic rings. The lowest BCUT2D eigenvalue weighted by atomic mass is 9.93. The minimum Gasteiger partial charge on any atom is -0.396 e. The first-order valence-corrected chi connectivity index (χ1v) is 4.61. The zero-order valence-electron chi connectivity index (χ0n) is 7.62. The molecular weight excluding hydrogens is 154 g/mol. The van der Waals surface area contributed by atoms with Gasteiger partial charge in [0.15, 0.2) is 0 Å². The summed E-state index contributed by atoms with van der Waals surface area (Å²) in [7, 11) is 1.85. The molecule has 0 aliphatic carbocycles. The summed E-state index contributed by atoms with van der Waals surface area (Å²) in [5, 5.41) is 8.62. The largest absolute Gasteiger partial charge is 0.396 e. The van der Waals surface area contributed by atoms with E-state index in [1.165, 1.54) is 0 Å². The van der Waals surface area contributed by atoms with Crippen molar-refractivity contribution in [1.82, 2.24) is 4.90 Å². The molecule has 70 valence electrons. The fourth-order valence-corrected chi connectivity index (χ4v) is 1.73. The molecule has 1 aliphatic heterocycles. The van der Waals surface area contributed by atoms with Crippen LogP contribution in [0.4, 0.5) is 0 Å². The van der Waals surface area contributed by atoms with Crippen LogP contribution in [0.3, 0.4) is 0 Å². The Morgan fingerprint density at radius 3 is 3.08 bits per heavy atom. The second-order valence-corrected chi connectivity index (χ2v) is 3.46. The van der Waals surface area contributed by atoms with E-state index >= 15 is 0 Å². The zero-order chi connectivity index (χ0) is 8.97. The van der Waals surface area contributed by atoms with Gasteiger partial charge in [0.1, 0.15) is 0 Å². The molecule has 1 aliphatic rings. The van der Waals surface area contributed by atoms with E-state index in [2.05, 4.69) is 0 Å². The van der Waals surface area contributed by atoms with Crippen molar-refractivity contribution in [2.75, 3.05) is 20.2 Å². The van der Waals surface area contributed by atoms with Crippen molar-refractivity contribution in [2.45, 2.75) is 25.7 Å². The van der Waals surface area contributed by atoms with Gasteiger partial charge in [-0.1, -0.05) is 0 Å². The molecule has 3 nitrogen and oxygen atoms in total. The minimum absolute atomic E-state index is 0.177. The van der Waals surface area contributed by atoms with Crippen LogP contribution in [0.2, 0.25) is 0 Å². The molecule has 1 saturated heterocycles. The molecule has 1 rings (SSSR count). The van der Waals surface area contributed by atoms with E-state index in [4.69, 9.17) is 5.11 Å². The molecule has 1 amide bonds. The Hall–Kier alpha value is -0.570. The summed E-state index contributed by atoms with van der Waals surface area (Å²) in [4.78, 5) is 13.3. The van der Waals surface area contributed by atoms with E-state index < -0.39 is 0 Å². The van der Waals surface area contributed by atoms with E-state index in [-0.39, 0.29) is 18.4 Å². The number of aliphatic hydroxyl groups is 1. The van der Waals surface area contributed by atoms with E-state index in [1.807, 2.05) is 7.05 Å². The first-order valence-electron chi connectivity index (χ1n) is 4.61. The number of piperidine rings is 1. The Bertz CT molecular complexity index is 159. The molecule has 1 fully saturated rings. The van der Waals surface area contributed by atoms with Crippen LogP contribution in [0.25, 0.3) is 0 Å². The molecule has 3 heteroatoms. The van der Waals surface area contributed by atoms with E-state index in [1.54, 1.807) is 4.90 Å². The molecule has 0 bridgehead atoms. The predicted octanol–water partition coefficient (Wildman–Crippen LogP) is 0.627. The summed E-state index contributed by atoms with van der Waals surface area (Å²) in [6, 6.07) is 0. The average Bonchev–Trinajstić information content (AvgIpc) is 2.08. The predicted molar refractivity (Wildman–Crippen MR) is 46.7 cm³/mol. The molecule has 1 N–H and O–H groups in total. The summed E-state index contributed by atoms with van der Waals surface area (Å²) in [5.41, 5.74) is 0. The third-order valence-electron chi connectivity index (χ3n) is 2.48. The van der Waals surface area contributed by atoms with Crippen molar-refractivity contribution in [3.8, 4) is 0 Å². The highest BCUT2D eigenvalue weighted by Crippen LogP contribution is 2.20. The van der Waals surface area contributed by atoms with Gasteiger partial charge in [0, 0.05) is 26.1 Å². The Labute approximate surface area is 73.4 Å². The van der Waals surface area contributed by atoms with Gasteiger partial charge in [-0.05, 0) is 25.7 Å². The lowest BCUT2D eigenvalue weighted by Gasteiger charge is -2.28. The van der Waals surface area contributed by atoms with Crippen molar-refractivity contribution in [3.05, 3.63) is 0 Å². The van der Waals surface area contributed by atoms with E-state index in [0.29, 0.717) is 0 Å². The second-order valence-electron chi connectivity index (χ2n) is 3.46. The zero-order valence-corrected chi connectivity index (χ0v) is 7.62. The van der Waals surface area contributed by atoms with Gasteiger partial charge in [-0.3, -0.25) is 4.79 Å². The maximum absolute atomic E-state index is 11.5. The maximum atomic E-state index is 11.5. The van der Waals surface area contributed by atoms with Crippen LogP contribution < -0.4 is 0 Å². The molecular formula is C9H17NO2. The minimum atomic E-state index is 0.177. The number of rotatable bonds is 3. The maximum Gasteiger partial charge on any atom is 0.225 e. The van der Waals surface area contributed by atoms with Crippen LogP contribution in [0.15, 0.2) is 0 Å². The second kappa shape index (κ2) is 4.45. The Morgan fingerprint density at radius 2 is 2.42 bits per heavy atom. The Balaban J connectivity index is 2.36. The van der Waals surface area contributed by atoms with E-state index in [9.17, 15) is 4.79 Å². The van der Waals surface area contributed by atoms with Gasteiger partial charge in [0.25, 0.3) is 0 Å². The smallest absolute Gasteiger partial charge is 0.225 e. The molecule has 0 aromatic carbocycles. The normalized spacial score (nSPS) is 24.7. The van der Waals surface area contributed by atoms with Gasteiger partial charge in [-0.2, -0.15) is 0 Å². The number of nitrogens with zero attached hydrogens (tertiary/aromatic N) is 1. The standard InChI is InChI=1S/C9H17NO2/c1-10-6-2-4-8(9(10)12)5-3-7-11/h8,11H,2-7H2,1H3. The first kappa shape index (κ1) is 9.52. The van der Waals surface area contributed by atoms with Crippen LogP contribution in [0, 0.1) is 5.92 Å². The quantitative estimate of drug-likeness (QED) is 0.676. The SMILES string of the molecule is CN1CCCC(CCCO)C1=O. The molecule has 1 unspecified atom stereocenters. The molecule has 0 aromatic heterocycles. The van der Waals surface area contributed by atoms with Gasteiger partial charge < -0.3 is 10.0 Å². The van der Waals surface area contributed by atoms with Gasteiger partial charge in [0.05, 0.1) is 0 Å². The van der Waals surface area contributed by atoms with Crippen molar-refractivity contribution in [3.63, 3.8) is 0 Å². The third kappa shape index (κ3) is 2.21. The average molecular weight is 171 g/mol. The Morgan fingerprint density at radius 1 is 1.67 bits per heavy atom. The van der Waals surface area contributed by atoms with Crippen LogP contribution >= 0.6 is 0 Å². The highest BCUT2D eigenvalue weighted by atomic mass is 16.3. The topological polar surface area (TPSA) is 40.5 Å². The lowest BCUT2D eigenvalue weighted by Crippen LogP contribution is -2.38. The molecule has 1 atom stereocenters. The first-order chi connectivity index (χ1) is 5.75. The van der Waals surface area contributed by atoms with Crippen LogP contribution in [-0.4, -0.2) is 36.1 Å². The number of hydrogen-bond acceptors (Lipinski definition) is 2. The van der Waals surface area contributed by atoms with Crippen LogP contribution in [0.5, 0.6) is 0 Å². The summed E-state index contributed by atoms with van der Waals surface area (Å²) >= 11 is 0. The number of amides is 1. The molecule has 0 saturated carbocycles. The van der Waals surface area contributed by atoms with Gasteiger partial charge in [-0.15, -0.1) is 0 Å². The number of hydrogen-bond donors (Lipinski definition) is 1. The highest BCUT2D eigenvalue weighted by molar-refractivity contribution is 5.79. The Kier molecular flexibility index (Phi) is 3.53. The van der Waals surface area contributed by atoms with Crippen molar-refractivity contribution in [1.29, 1.82) is 0 Å². The number of aliphatic hydroxyl groups excluding tert-OH is 1. The number of carbonyl (C=O) groups excluding carboxylic acids is 1. The van der Waals surface area contributed by atoms with E-state index in [0.717, 1.165) is 32.2 Å². The molecule has 0 radical (unpaired) electrons.